The monoisotopic (exact) mass is 444 g/mol. The predicted octanol–water partition coefficient (Wildman–Crippen LogP) is 3.25. The second-order valence-electron chi connectivity index (χ2n) is 7.83. The minimum atomic E-state index is -1.11. The molecule has 0 bridgehead atoms. The number of Topliss-reactive ketones (excluding diaryl/α,β-unsaturated/α-hetero) is 2. The van der Waals surface area contributed by atoms with Gasteiger partial charge in [0.25, 0.3) is 0 Å². The van der Waals surface area contributed by atoms with Crippen LogP contribution in [0.25, 0.3) is 11.1 Å². The molecule has 7 heteroatoms. The van der Waals surface area contributed by atoms with Gasteiger partial charge in [-0.2, -0.15) is 5.48 Å². The number of alkyl carbamates (subject to hydrolysis) is 1. The highest BCUT2D eigenvalue weighted by molar-refractivity contribution is 6.40. The Morgan fingerprint density at radius 1 is 0.848 bits per heavy atom. The van der Waals surface area contributed by atoms with Gasteiger partial charge in [0, 0.05) is 12.3 Å². The Morgan fingerprint density at radius 2 is 1.42 bits per heavy atom. The standard InChI is InChI=1S/C26H24N2O5/c29-24(15-27-32)25(30)23(14-17-8-2-1-3-9-17)28-26(31)33-16-22-20-12-6-4-10-18(20)19-11-5-7-13-21(19)22/h1-13,22-23,27,32H,14-16H2,(H,28,31)/t23-/m0/s1. The number of hydrogen-bond donors (Lipinski definition) is 3. The van der Waals surface area contributed by atoms with Crippen LogP contribution in [0.1, 0.15) is 22.6 Å². The zero-order valence-electron chi connectivity index (χ0n) is 17.9. The summed E-state index contributed by atoms with van der Waals surface area (Å²) in [6, 6.07) is 23.9. The van der Waals surface area contributed by atoms with Crippen LogP contribution < -0.4 is 10.8 Å². The van der Waals surface area contributed by atoms with E-state index in [9.17, 15) is 14.4 Å². The van der Waals surface area contributed by atoms with Gasteiger partial charge < -0.3 is 15.3 Å². The van der Waals surface area contributed by atoms with Crippen molar-refractivity contribution in [1.29, 1.82) is 0 Å². The topological polar surface area (TPSA) is 105 Å². The summed E-state index contributed by atoms with van der Waals surface area (Å²) in [6.45, 7) is -0.436. The van der Waals surface area contributed by atoms with Crippen molar-refractivity contribution in [1.82, 2.24) is 10.8 Å². The molecule has 168 valence electrons. The van der Waals surface area contributed by atoms with Gasteiger partial charge >= 0.3 is 6.09 Å². The summed E-state index contributed by atoms with van der Waals surface area (Å²) in [7, 11) is 0. The first-order valence-corrected chi connectivity index (χ1v) is 10.7. The number of nitrogens with one attached hydrogen (secondary N) is 2. The molecule has 1 aliphatic carbocycles. The van der Waals surface area contributed by atoms with E-state index in [-0.39, 0.29) is 18.9 Å². The normalized spacial score (nSPS) is 13.0. The molecule has 33 heavy (non-hydrogen) atoms. The number of carbonyl (C=O) groups is 3. The van der Waals surface area contributed by atoms with Crippen LogP contribution in [0.4, 0.5) is 4.79 Å². The summed E-state index contributed by atoms with van der Waals surface area (Å²) in [6.07, 6.45) is -0.656. The van der Waals surface area contributed by atoms with Crippen LogP contribution in [0.15, 0.2) is 78.9 Å². The number of ketones is 2. The number of ether oxygens (including phenoxy) is 1. The number of amides is 1. The molecule has 0 unspecified atom stereocenters. The molecule has 0 radical (unpaired) electrons. The third-order valence-corrected chi connectivity index (χ3v) is 5.75. The van der Waals surface area contributed by atoms with Gasteiger partial charge in [0.2, 0.25) is 11.6 Å². The van der Waals surface area contributed by atoms with Crippen LogP contribution in [-0.4, -0.2) is 42.1 Å². The quantitative estimate of drug-likeness (QED) is 0.346. The van der Waals surface area contributed by atoms with Gasteiger partial charge in [-0.05, 0) is 27.8 Å². The smallest absolute Gasteiger partial charge is 0.407 e. The van der Waals surface area contributed by atoms with Crippen LogP contribution >= 0.6 is 0 Å². The zero-order chi connectivity index (χ0) is 23.2. The zero-order valence-corrected chi connectivity index (χ0v) is 17.9. The maximum Gasteiger partial charge on any atom is 0.407 e. The molecule has 0 fully saturated rings. The first-order chi connectivity index (χ1) is 16.1. The van der Waals surface area contributed by atoms with Gasteiger partial charge in [-0.1, -0.05) is 78.9 Å². The van der Waals surface area contributed by atoms with Crippen molar-refractivity contribution < 1.29 is 24.3 Å². The van der Waals surface area contributed by atoms with Gasteiger partial charge in [0.1, 0.15) is 12.6 Å². The van der Waals surface area contributed by atoms with Crippen molar-refractivity contribution in [3.8, 4) is 11.1 Å². The maximum atomic E-state index is 12.6. The van der Waals surface area contributed by atoms with E-state index in [1.807, 2.05) is 54.6 Å². The third kappa shape index (κ3) is 5.00. The summed E-state index contributed by atoms with van der Waals surface area (Å²) < 4.78 is 5.52. The lowest BCUT2D eigenvalue weighted by Gasteiger charge is -2.19. The van der Waals surface area contributed by atoms with E-state index in [1.54, 1.807) is 29.7 Å². The van der Waals surface area contributed by atoms with Crippen molar-refractivity contribution in [3.63, 3.8) is 0 Å². The Hall–Kier alpha value is -3.81. The molecule has 3 aromatic rings. The van der Waals surface area contributed by atoms with E-state index in [0.29, 0.717) is 0 Å². The van der Waals surface area contributed by atoms with Crippen molar-refractivity contribution in [2.75, 3.05) is 13.2 Å². The van der Waals surface area contributed by atoms with Crippen LogP contribution in [0.3, 0.4) is 0 Å². The molecular weight excluding hydrogens is 420 g/mol. The Morgan fingerprint density at radius 3 is 2.03 bits per heavy atom. The third-order valence-electron chi connectivity index (χ3n) is 5.75. The van der Waals surface area contributed by atoms with E-state index in [1.165, 1.54) is 0 Å². The first kappa shape index (κ1) is 22.4. The fourth-order valence-electron chi connectivity index (χ4n) is 4.19. The fourth-order valence-corrected chi connectivity index (χ4v) is 4.19. The molecule has 3 N–H and O–H groups in total. The highest BCUT2D eigenvalue weighted by atomic mass is 16.5. The molecule has 0 aromatic heterocycles. The van der Waals surface area contributed by atoms with Crippen LogP contribution in [0.2, 0.25) is 0 Å². The first-order valence-electron chi connectivity index (χ1n) is 10.7. The molecule has 0 spiro atoms. The number of benzene rings is 3. The molecule has 7 nitrogen and oxygen atoms in total. The SMILES string of the molecule is O=C(N[C@@H](Cc1ccccc1)C(=O)C(=O)CNO)OCC1c2ccccc2-c2ccccc21. The van der Waals surface area contributed by atoms with E-state index in [4.69, 9.17) is 9.94 Å². The molecular formula is C26H24N2O5. The van der Waals surface area contributed by atoms with Crippen molar-refractivity contribution in [2.45, 2.75) is 18.4 Å². The molecule has 3 aromatic carbocycles. The number of fused-ring (bicyclic) bond motifs is 3. The van der Waals surface area contributed by atoms with Gasteiger partial charge in [-0.25, -0.2) is 4.79 Å². The summed E-state index contributed by atoms with van der Waals surface area (Å²) in [4.78, 5) is 37.3. The Labute approximate surface area is 191 Å². The molecule has 0 saturated carbocycles. The van der Waals surface area contributed by atoms with E-state index < -0.39 is 30.2 Å². The second kappa shape index (κ2) is 10.2. The van der Waals surface area contributed by atoms with Gasteiger partial charge in [0.15, 0.2) is 0 Å². The number of carbonyl (C=O) groups excluding carboxylic acids is 3. The van der Waals surface area contributed by atoms with E-state index in [0.717, 1.165) is 27.8 Å². The minimum absolute atomic E-state index is 0.0955. The minimum Gasteiger partial charge on any atom is -0.449 e. The average Bonchev–Trinajstić information content (AvgIpc) is 3.16. The molecule has 0 heterocycles. The van der Waals surface area contributed by atoms with Gasteiger partial charge in [-0.3, -0.25) is 9.59 Å². The second-order valence-corrected chi connectivity index (χ2v) is 7.83. The largest absolute Gasteiger partial charge is 0.449 e. The average molecular weight is 444 g/mol. The number of rotatable bonds is 9. The number of hydroxylamine groups is 1. The maximum absolute atomic E-state index is 12.6. The molecule has 1 amide bonds. The van der Waals surface area contributed by atoms with Crippen LogP contribution in [-0.2, 0) is 20.7 Å². The number of hydrogen-bond acceptors (Lipinski definition) is 6. The summed E-state index contributed by atoms with van der Waals surface area (Å²) in [5.41, 5.74) is 6.84. The van der Waals surface area contributed by atoms with Crippen LogP contribution in [0.5, 0.6) is 0 Å². The lowest BCUT2D eigenvalue weighted by atomic mass is 9.98. The fraction of sp³-hybridized carbons (Fsp3) is 0.192. The summed E-state index contributed by atoms with van der Waals surface area (Å²) in [5, 5.41) is 11.3. The molecule has 1 aliphatic rings. The summed E-state index contributed by atoms with van der Waals surface area (Å²) >= 11 is 0. The molecule has 1 atom stereocenters. The highest BCUT2D eigenvalue weighted by Gasteiger charge is 2.31. The summed E-state index contributed by atoms with van der Waals surface area (Å²) in [5.74, 6) is -1.77. The van der Waals surface area contributed by atoms with Crippen molar-refractivity contribution in [3.05, 3.63) is 95.6 Å². The Balaban J connectivity index is 1.46. The van der Waals surface area contributed by atoms with E-state index >= 15 is 0 Å². The molecule has 0 aliphatic heterocycles. The van der Waals surface area contributed by atoms with Gasteiger partial charge in [-0.15, -0.1) is 0 Å². The van der Waals surface area contributed by atoms with E-state index in [2.05, 4.69) is 5.32 Å². The molecule has 4 rings (SSSR count). The molecule has 0 saturated heterocycles. The highest BCUT2D eigenvalue weighted by Crippen LogP contribution is 2.44. The van der Waals surface area contributed by atoms with Crippen LogP contribution in [0, 0.1) is 0 Å². The Kier molecular flexibility index (Phi) is 6.92. The van der Waals surface area contributed by atoms with Crippen molar-refractivity contribution in [2.24, 2.45) is 0 Å². The Bertz CT molecular complexity index is 1120. The van der Waals surface area contributed by atoms with Crippen molar-refractivity contribution >= 4 is 17.7 Å². The predicted molar refractivity (Wildman–Crippen MR) is 122 cm³/mol. The van der Waals surface area contributed by atoms with Gasteiger partial charge in [0.05, 0.1) is 6.54 Å². The lowest BCUT2D eigenvalue weighted by molar-refractivity contribution is -0.138. The lowest BCUT2D eigenvalue weighted by Crippen LogP contribution is -2.47.